The van der Waals surface area contributed by atoms with Crippen molar-refractivity contribution in [1.29, 1.82) is 0 Å². The molecule has 7 nitrogen and oxygen atoms in total. The Labute approximate surface area is 177 Å². The summed E-state index contributed by atoms with van der Waals surface area (Å²) in [4.78, 5) is 25.9. The Morgan fingerprint density at radius 1 is 1.06 bits per heavy atom. The Morgan fingerprint density at radius 2 is 1.87 bits per heavy atom. The van der Waals surface area contributed by atoms with Gasteiger partial charge in [-0.05, 0) is 53.9 Å². The van der Waals surface area contributed by atoms with Crippen LogP contribution < -0.4 is 15.8 Å². The van der Waals surface area contributed by atoms with Gasteiger partial charge in [0.25, 0.3) is 5.56 Å². The van der Waals surface area contributed by atoms with Gasteiger partial charge in [0.2, 0.25) is 5.95 Å². The fourth-order valence-corrected chi connectivity index (χ4v) is 3.69. The summed E-state index contributed by atoms with van der Waals surface area (Å²) in [6.45, 7) is 3.18. The lowest BCUT2D eigenvalue weighted by Crippen LogP contribution is -2.36. The monoisotopic (exact) mass is 417 g/mol. The van der Waals surface area contributed by atoms with E-state index in [1.165, 1.54) is 12.3 Å². The highest BCUT2D eigenvalue weighted by molar-refractivity contribution is 5.95. The normalized spacial score (nSPS) is 14.0. The largest absolute Gasteiger partial charge is 0.378 e. The van der Waals surface area contributed by atoms with Gasteiger partial charge in [-0.2, -0.15) is 4.39 Å². The summed E-state index contributed by atoms with van der Waals surface area (Å²) in [6.07, 6.45) is 3.02. The Morgan fingerprint density at radius 3 is 2.61 bits per heavy atom. The van der Waals surface area contributed by atoms with Gasteiger partial charge < -0.3 is 19.9 Å². The van der Waals surface area contributed by atoms with Crippen molar-refractivity contribution in [2.75, 3.05) is 36.5 Å². The number of hydrogen-bond acceptors (Lipinski definition) is 6. The van der Waals surface area contributed by atoms with E-state index in [1.54, 1.807) is 18.3 Å². The zero-order chi connectivity index (χ0) is 21.2. The summed E-state index contributed by atoms with van der Waals surface area (Å²) in [5, 5.41) is 4.45. The maximum Gasteiger partial charge on any atom is 0.259 e. The van der Waals surface area contributed by atoms with Gasteiger partial charge >= 0.3 is 0 Å². The summed E-state index contributed by atoms with van der Waals surface area (Å²) < 4.78 is 18.7. The van der Waals surface area contributed by atoms with E-state index < -0.39 is 5.95 Å². The van der Waals surface area contributed by atoms with Gasteiger partial charge in [0.15, 0.2) is 0 Å². The summed E-state index contributed by atoms with van der Waals surface area (Å²) >= 11 is 0. The molecule has 5 rings (SSSR count). The molecule has 1 aromatic carbocycles. The van der Waals surface area contributed by atoms with Crippen LogP contribution in [-0.2, 0) is 4.74 Å². The Bertz CT molecular complexity index is 1270. The molecule has 0 radical (unpaired) electrons. The first-order chi connectivity index (χ1) is 15.2. The second kappa shape index (κ2) is 8.16. The summed E-state index contributed by atoms with van der Waals surface area (Å²) in [5.41, 5.74) is 2.95. The van der Waals surface area contributed by atoms with Crippen LogP contribution >= 0.6 is 0 Å². The van der Waals surface area contributed by atoms with Crippen molar-refractivity contribution in [1.82, 2.24) is 15.0 Å². The molecule has 1 fully saturated rings. The maximum absolute atomic E-state index is 13.2. The van der Waals surface area contributed by atoms with Crippen molar-refractivity contribution in [2.24, 2.45) is 0 Å². The number of halogens is 1. The van der Waals surface area contributed by atoms with Crippen molar-refractivity contribution in [3.63, 3.8) is 0 Å². The van der Waals surface area contributed by atoms with Crippen molar-refractivity contribution >= 4 is 28.0 Å². The van der Waals surface area contributed by atoms with Crippen LogP contribution in [0.1, 0.15) is 0 Å². The first-order valence-corrected chi connectivity index (χ1v) is 10.0. The van der Waals surface area contributed by atoms with Crippen molar-refractivity contribution in [3.05, 3.63) is 77.2 Å². The molecule has 0 bridgehead atoms. The molecule has 3 aromatic heterocycles. The number of H-pyrrole nitrogens is 1. The van der Waals surface area contributed by atoms with Crippen LogP contribution in [0.25, 0.3) is 22.0 Å². The molecule has 31 heavy (non-hydrogen) atoms. The minimum atomic E-state index is -0.556. The van der Waals surface area contributed by atoms with E-state index in [-0.39, 0.29) is 5.56 Å². The highest BCUT2D eigenvalue weighted by atomic mass is 19.1. The number of aromatic amines is 1. The molecule has 0 saturated carbocycles. The second-order valence-corrected chi connectivity index (χ2v) is 7.27. The number of nitrogens with one attached hydrogen (secondary N) is 2. The minimum absolute atomic E-state index is 0.235. The number of ether oxygens (including phenoxy) is 1. The average molecular weight is 417 g/mol. The van der Waals surface area contributed by atoms with Crippen LogP contribution in [0.5, 0.6) is 0 Å². The molecule has 8 heteroatoms. The fourth-order valence-electron chi connectivity index (χ4n) is 3.69. The predicted molar refractivity (Wildman–Crippen MR) is 118 cm³/mol. The third-order valence-electron chi connectivity index (χ3n) is 5.28. The van der Waals surface area contributed by atoms with E-state index in [0.717, 1.165) is 43.1 Å². The predicted octanol–water partition coefficient (Wildman–Crippen LogP) is 3.70. The van der Waals surface area contributed by atoms with Crippen LogP contribution in [-0.4, -0.2) is 41.3 Å². The van der Waals surface area contributed by atoms with E-state index >= 15 is 0 Å². The van der Waals surface area contributed by atoms with Crippen LogP contribution in [0.15, 0.2) is 65.7 Å². The van der Waals surface area contributed by atoms with Gasteiger partial charge in [0, 0.05) is 42.4 Å². The molecular weight excluding hydrogens is 397 g/mol. The number of nitrogens with zero attached hydrogens (tertiary/aromatic N) is 3. The number of hydrogen-bond donors (Lipinski definition) is 2. The van der Waals surface area contributed by atoms with Gasteiger partial charge in [0.1, 0.15) is 5.82 Å². The molecule has 1 aliphatic heterocycles. The van der Waals surface area contributed by atoms with E-state index in [2.05, 4.69) is 25.2 Å². The number of benzene rings is 1. The minimum Gasteiger partial charge on any atom is -0.378 e. The van der Waals surface area contributed by atoms with Crippen molar-refractivity contribution in [2.45, 2.75) is 0 Å². The summed E-state index contributed by atoms with van der Waals surface area (Å²) in [5.74, 6) is -0.127. The molecular formula is C23H20FN5O2. The Hall–Kier alpha value is -3.78. The van der Waals surface area contributed by atoms with Gasteiger partial charge in [-0.15, -0.1) is 0 Å². The topological polar surface area (TPSA) is 83.1 Å². The first kappa shape index (κ1) is 19.2. The lowest BCUT2D eigenvalue weighted by Gasteiger charge is -2.28. The Kier molecular flexibility index (Phi) is 5.05. The summed E-state index contributed by atoms with van der Waals surface area (Å²) in [6, 6.07) is 14.5. The van der Waals surface area contributed by atoms with Gasteiger partial charge in [-0.3, -0.25) is 4.79 Å². The lowest BCUT2D eigenvalue weighted by molar-refractivity contribution is 0.122. The molecule has 0 atom stereocenters. The molecule has 0 aliphatic carbocycles. The molecule has 0 unspecified atom stereocenters. The quantitative estimate of drug-likeness (QED) is 0.493. The maximum atomic E-state index is 13.2. The number of fused-ring (bicyclic) bond motifs is 1. The van der Waals surface area contributed by atoms with Gasteiger partial charge in [-0.25, -0.2) is 9.97 Å². The van der Waals surface area contributed by atoms with Crippen molar-refractivity contribution in [3.8, 4) is 11.3 Å². The number of pyridine rings is 3. The highest BCUT2D eigenvalue weighted by Gasteiger charge is 2.13. The van der Waals surface area contributed by atoms with Gasteiger partial charge in [0.05, 0.1) is 24.3 Å². The van der Waals surface area contributed by atoms with Crippen LogP contribution in [0.4, 0.5) is 21.6 Å². The molecule has 0 amide bonds. The van der Waals surface area contributed by atoms with E-state index in [1.807, 2.05) is 30.3 Å². The second-order valence-electron chi connectivity index (χ2n) is 7.27. The van der Waals surface area contributed by atoms with Crippen LogP contribution in [0.3, 0.4) is 0 Å². The molecule has 0 spiro atoms. The third kappa shape index (κ3) is 3.97. The smallest absolute Gasteiger partial charge is 0.259 e. The molecule has 156 valence electrons. The lowest BCUT2D eigenvalue weighted by atomic mass is 10.1. The van der Waals surface area contributed by atoms with Crippen molar-refractivity contribution < 1.29 is 9.13 Å². The molecule has 1 aliphatic rings. The SMILES string of the molecule is O=c1[nH]ccc2cc(-c3ccc(F)nc3)nc(Nc3ccc(N4CCOCC4)cc3)c12. The average Bonchev–Trinajstić information content (AvgIpc) is 2.80. The fraction of sp³-hybridized carbons (Fsp3) is 0.174. The first-order valence-electron chi connectivity index (χ1n) is 10.0. The molecule has 1 saturated heterocycles. The highest BCUT2D eigenvalue weighted by Crippen LogP contribution is 2.28. The molecule has 4 aromatic rings. The molecule has 4 heterocycles. The van der Waals surface area contributed by atoms with Crippen LogP contribution in [0, 0.1) is 5.95 Å². The number of aromatic nitrogens is 3. The van der Waals surface area contributed by atoms with Crippen LogP contribution in [0.2, 0.25) is 0 Å². The number of rotatable bonds is 4. The number of morpholine rings is 1. The summed E-state index contributed by atoms with van der Waals surface area (Å²) in [7, 11) is 0. The van der Waals surface area contributed by atoms with E-state index in [4.69, 9.17) is 4.74 Å². The Balaban J connectivity index is 1.52. The number of anilines is 3. The zero-order valence-corrected chi connectivity index (χ0v) is 16.6. The third-order valence-corrected chi connectivity index (χ3v) is 5.28. The zero-order valence-electron chi connectivity index (χ0n) is 16.6. The van der Waals surface area contributed by atoms with E-state index in [9.17, 15) is 9.18 Å². The molecule has 2 N–H and O–H groups in total. The van der Waals surface area contributed by atoms with Gasteiger partial charge in [-0.1, -0.05) is 0 Å². The standard InChI is InChI=1S/C23H20FN5O2/c24-20-6-1-16(14-26-20)19-13-15-7-8-25-23(30)21(15)22(28-19)27-17-2-4-18(5-3-17)29-9-11-31-12-10-29/h1-8,13-14H,9-12H2,(H,25,30)(H,27,28). The van der Waals surface area contributed by atoms with E-state index in [0.29, 0.717) is 22.5 Å².